The molecular formula is C19H21ClF6N4O2. The number of pyridine rings is 1. The van der Waals surface area contributed by atoms with Crippen LogP contribution in [0.1, 0.15) is 43.1 Å². The Hall–Kier alpha value is -2.24. The third kappa shape index (κ3) is 5.76. The molecule has 1 atom stereocenters. The zero-order valence-corrected chi connectivity index (χ0v) is 17.4. The molecule has 0 aromatic carbocycles. The predicted octanol–water partition coefficient (Wildman–Crippen LogP) is 4.31. The zero-order valence-electron chi connectivity index (χ0n) is 16.7. The van der Waals surface area contributed by atoms with Gasteiger partial charge in [0, 0.05) is 13.1 Å². The molecule has 2 N–H and O–H groups in total. The van der Waals surface area contributed by atoms with Crippen LogP contribution in [0, 0.1) is 11.8 Å². The largest absolute Gasteiger partial charge is 0.434 e. The van der Waals surface area contributed by atoms with Crippen molar-refractivity contribution in [3.05, 3.63) is 28.5 Å². The second kappa shape index (κ2) is 9.32. The fourth-order valence-electron chi connectivity index (χ4n) is 4.08. The Morgan fingerprint density at radius 1 is 1.16 bits per heavy atom. The molecular weight excluding hydrogens is 466 g/mol. The van der Waals surface area contributed by atoms with Crippen LogP contribution in [-0.4, -0.2) is 47.6 Å². The van der Waals surface area contributed by atoms with Gasteiger partial charge >= 0.3 is 18.4 Å². The van der Waals surface area contributed by atoms with E-state index in [0.717, 1.165) is 6.07 Å². The van der Waals surface area contributed by atoms with Crippen LogP contribution < -0.4 is 10.6 Å². The summed E-state index contributed by atoms with van der Waals surface area (Å²) in [5.41, 5.74) is -1.48. The van der Waals surface area contributed by atoms with Crippen molar-refractivity contribution >= 4 is 23.5 Å². The fourth-order valence-corrected chi connectivity index (χ4v) is 4.29. The van der Waals surface area contributed by atoms with E-state index in [9.17, 15) is 35.9 Å². The standard InChI is InChI=1S/C19H21ClF6N4O2/c20-12-5-6-13(28-16(12)19(24,25)26)15(10-1-3-11(4-2-10)18(21,22)23)29-17(32)30-8-7-27-14(31)9-30/h5-6,10-11,15H,1-4,7-9H2,(H,27,31)(H,29,32)/t10-,11-,15-/m0/s1. The van der Waals surface area contributed by atoms with Gasteiger partial charge in [-0.25, -0.2) is 9.78 Å². The lowest BCUT2D eigenvalue weighted by Crippen LogP contribution is -2.54. The summed E-state index contributed by atoms with van der Waals surface area (Å²) in [5.74, 6) is -2.45. The van der Waals surface area contributed by atoms with Gasteiger partial charge in [-0.2, -0.15) is 26.3 Å². The van der Waals surface area contributed by atoms with Crippen LogP contribution in [-0.2, 0) is 11.0 Å². The van der Waals surface area contributed by atoms with Crippen molar-refractivity contribution in [3.8, 4) is 0 Å². The molecule has 2 heterocycles. The molecule has 1 aromatic heterocycles. The van der Waals surface area contributed by atoms with Gasteiger partial charge in [-0.15, -0.1) is 0 Å². The van der Waals surface area contributed by atoms with Gasteiger partial charge in [0.15, 0.2) is 5.69 Å². The molecule has 2 aliphatic rings. The number of nitrogens with zero attached hydrogens (tertiary/aromatic N) is 2. The number of alkyl halides is 6. The first-order chi connectivity index (χ1) is 14.9. The normalized spacial score (nSPS) is 23.5. The van der Waals surface area contributed by atoms with Gasteiger partial charge in [-0.3, -0.25) is 4.79 Å². The number of hydrogen-bond donors (Lipinski definition) is 2. The van der Waals surface area contributed by atoms with Crippen molar-refractivity contribution in [2.45, 2.75) is 44.1 Å². The van der Waals surface area contributed by atoms with Gasteiger partial charge in [0.2, 0.25) is 5.91 Å². The minimum atomic E-state index is -4.85. The highest BCUT2D eigenvalue weighted by atomic mass is 35.5. The second-order valence-corrected chi connectivity index (χ2v) is 8.32. The van der Waals surface area contributed by atoms with E-state index in [0.29, 0.717) is 0 Å². The molecule has 1 saturated carbocycles. The molecule has 3 amide bonds. The average molecular weight is 487 g/mol. The number of urea groups is 1. The number of amides is 3. The molecule has 0 radical (unpaired) electrons. The molecule has 2 fully saturated rings. The topological polar surface area (TPSA) is 74.3 Å². The van der Waals surface area contributed by atoms with Gasteiger partial charge < -0.3 is 15.5 Å². The number of halogens is 7. The number of rotatable bonds is 3. The fraction of sp³-hybridized carbons (Fsp3) is 0.632. The Morgan fingerprint density at radius 2 is 1.81 bits per heavy atom. The molecule has 3 rings (SSSR count). The molecule has 1 aromatic rings. The number of piperazine rings is 1. The van der Waals surface area contributed by atoms with Crippen molar-refractivity contribution in [3.63, 3.8) is 0 Å². The van der Waals surface area contributed by atoms with Gasteiger partial charge in [-0.1, -0.05) is 11.6 Å². The average Bonchev–Trinajstić information content (AvgIpc) is 2.71. The number of carbonyl (C=O) groups is 2. The highest BCUT2D eigenvalue weighted by Crippen LogP contribution is 2.43. The monoisotopic (exact) mass is 486 g/mol. The van der Waals surface area contributed by atoms with Gasteiger partial charge in [0.05, 0.1) is 22.7 Å². The first kappa shape index (κ1) is 24.4. The second-order valence-electron chi connectivity index (χ2n) is 7.92. The van der Waals surface area contributed by atoms with Crippen LogP contribution in [0.4, 0.5) is 31.1 Å². The first-order valence-corrected chi connectivity index (χ1v) is 10.4. The molecule has 0 bridgehead atoms. The van der Waals surface area contributed by atoms with Gasteiger partial charge in [0.25, 0.3) is 0 Å². The summed E-state index contributed by atoms with van der Waals surface area (Å²) in [6, 6.07) is 0.455. The van der Waals surface area contributed by atoms with Crippen LogP contribution in [0.15, 0.2) is 12.1 Å². The molecule has 1 saturated heterocycles. The van der Waals surface area contributed by atoms with E-state index < -0.39 is 52.9 Å². The summed E-state index contributed by atoms with van der Waals surface area (Å²) in [6.45, 7) is 0.166. The third-order valence-electron chi connectivity index (χ3n) is 5.77. The Balaban J connectivity index is 1.86. The van der Waals surface area contributed by atoms with Crippen molar-refractivity contribution in [1.29, 1.82) is 0 Å². The van der Waals surface area contributed by atoms with Crippen molar-refractivity contribution in [1.82, 2.24) is 20.5 Å². The first-order valence-electron chi connectivity index (χ1n) is 9.98. The lowest BCUT2D eigenvalue weighted by Gasteiger charge is -2.36. The highest BCUT2D eigenvalue weighted by molar-refractivity contribution is 6.31. The summed E-state index contributed by atoms with van der Waals surface area (Å²) in [4.78, 5) is 29.1. The maximum absolute atomic E-state index is 13.3. The Labute approximate surface area is 184 Å². The summed E-state index contributed by atoms with van der Waals surface area (Å²) >= 11 is 5.64. The van der Waals surface area contributed by atoms with Crippen LogP contribution >= 0.6 is 11.6 Å². The van der Waals surface area contributed by atoms with E-state index in [1.165, 1.54) is 11.0 Å². The summed E-state index contributed by atoms with van der Waals surface area (Å²) < 4.78 is 79.0. The van der Waals surface area contributed by atoms with Crippen LogP contribution in [0.2, 0.25) is 5.02 Å². The summed E-state index contributed by atoms with van der Waals surface area (Å²) in [6.07, 6.45) is -9.52. The van der Waals surface area contributed by atoms with E-state index in [4.69, 9.17) is 11.6 Å². The molecule has 13 heteroatoms. The third-order valence-corrected chi connectivity index (χ3v) is 6.07. The molecule has 1 aliphatic heterocycles. The zero-order chi connectivity index (χ0) is 23.7. The molecule has 0 spiro atoms. The SMILES string of the molecule is O=C1CN(C(=O)N[C@H](c2ccc(Cl)c(C(F)(F)F)n2)[C@H]2CC[C@H](C(F)(F)F)CC2)CCN1. The van der Waals surface area contributed by atoms with Crippen LogP contribution in [0.3, 0.4) is 0 Å². The molecule has 178 valence electrons. The van der Waals surface area contributed by atoms with Crippen LogP contribution in [0.5, 0.6) is 0 Å². The Morgan fingerprint density at radius 3 is 2.38 bits per heavy atom. The van der Waals surface area contributed by atoms with Crippen LogP contribution in [0.25, 0.3) is 0 Å². The Bertz CT molecular complexity index is 855. The molecule has 0 unspecified atom stereocenters. The van der Waals surface area contributed by atoms with E-state index in [2.05, 4.69) is 15.6 Å². The van der Waals surface area contributed by atoms with Gasteiger partial charge in [-0.05, 0) is 43.7 Å². The van der Waals surface area contributed by atoms with E-state index in [1.807, 2.05) is 0 Å². The lowest BCUT2D eigenvalue weighted by molar-refractivity contribution is -0.184. The number of carbonyl (C=O) groups excluding carboxylic acids is 2. The van der Waals surface area contributed by atoms with Crippen molar-refractivity contribution < 1.29 is 35.9 Å². The van der Waals surface area contributed by atoms with E-state index >= 15 is 0 Å². The van der Waals surface area contributed by atoms with Crippen molar-refractivity contribution in [2.75, 3.05) is 19.6 Å². The maximum atomic E-state index is 13.3. The van der Waals surface area contributed by atoms with E-state index in [1.54, 1.807) is 0 Å². The lowest BCUT2D eigenvalue weighted by atomic mass is 9.77. The van der Waals surface area contributed by atoms with Gasteiger partial charge in [0.1, 0.15) is 6.54 Å². The Kier molecular flexibility index (Phi) is 7.11. The molecule has 6 nitrogen and oxygen atoms in total. The number of hydrogen-bond acceptors (Lipinski definition) is 3. The summed E-state index contributed by atoms with van der Waals surface area (Å²) in [7, 11) is 0. The minimum Gasteiger partial charge on any atom is -0.353 e. The predicted molar refractivity (Wildman–Crippen MR) is 102 cm³/mol. The molecule has 32 heavy (non-hydrogen) atoms. The smallest absolute Gasteiger partial charge is 0.353 e. The summed E-state index contributed by atoms with van der Waals surface area (Å²) in [5, 5.41) is 4.52. The highest BCUT2D eigenvalue weighted by Gasteiger charge is 2.44. The number of aromatic nitrogens is 1. The number of nitrogens with one attached hydrogen (secondary N) is 2. The molecule has 1 aliphatic carbocycles. The van der Waals surface area contributed by atoms with E-state index in [-0.39, 0.29) is 51.0 Å². The quantitative estimate of drug-likeness (QED) is 0.625. The van der Waals surface area contributed by atoms with Crippen molar-refractivity contribution in [2.24, 2.45) is 11.8 Å². The minimum absolute atomic E-state index is 0.0429. The maximum Gasteiger partial charge on any atom is 0.434 e.